The molecule has 0 fully saturated rings. The van der Waals surface area contributed by atoms with Crippen molar-refractivity contribution in [1.29, 1.82) is 0 Å². The minimum Gasteiger partial charge on any atom is -0.478 e. The molecule has 0 aromatic carbocycles. The number of aliphatic carboxylic acids is 1. The van der Waals surface area contributed by atoms with Crippen LogP contribution in [0.15, 0.2) is 12.2 Å². The van der Waals surface area contributed by atoms with Crippen molar-refractivity contribution in [1.82, 2.24) is 0 Å². The first-order valence-corrected chi connectivity index (χ1v) is 3.87. The van der Waals surface area contributed by atoms with Gasteiger partial charge in [-0.2, -0.15) is 0 Å². The van der Waals surface area contributed by atoms with E-state index in [9.17, 15) is 4.79 Å². The van der Waals surface area contributed by atoms with E-state index in [1.807, 2.05) is 0 Å². The second kappa shape index (κ2) is 4.16. The summed E-state index contributed by atoms with van der Waals surface area (Å²) in [5.41, 5.74) is 0.228. The standard InChI is InChI=1S/C9H16O2/c1-4-9(2,3)7-5-6-8(10)11/h5-6H,4,7H2,1-3H3,(H,10,11). The average Bonchev–Trinajstić information content (AvgIpc) is 1.87. The van der Waals surface area contributed by atoms with E-state index in [-0.39, 0.29) is 5.41 Å². The van der Waals surface area contributed by atoms with E-state index in [1.54, 1.807) is 6.08 Å². The predicted octanol–water partition coefficient (Wildman–Crippen LogP) is 2.45. The van der Waals surface area contributed by atoms with Crippen LogP contribution >= 0.6 is 0 Å². The number of carboxylic acids is 1. The third-order valence-electron chi connectivity index (χ3n) is 1.89. The van der Waals surface area contributed by atoms with Gasteiger partial charge in [-0.1, -0.05) is 33.3 Å². The van der Waals surface area contributed by atoms with Crippen molar-refractivity contribution in [3.63, 3.8) is 0 Å². The van der Waals surface area contributed by atoms with Crippen molar-refractivity contribution < 1.29 is 9.90 Å². The highest BCUT2D eigenvalue weighted by Gasteiger charge is 2.11. The van der Waals surface area contributed by atoms with E-state index in [1.165, 1.54) is 6.08 Å². The van der Waals surface area contributed by atoms with Gasteiger partial charge in [0.05, 0.1) is 0 Å². The van der Waals surface area contributed by atoms with Gasteiger partial charge in [0.2, 0.25) is 0 Å². The second-order valence-electron chi connectivity index (χ2n) is 3.46. The van der Waals surface area contributed by atoms with Crippen LogP contribution in [0.5, 0.6) is 0 Å². The van der Waals surface area contributed by atoms with Crippen LogP contribution in [0, 0.1) is 5.41 Å². The molecule has 0 unspecified atom stereocenters. The first kappa shape index (κ1) is 10.2. The summed E-state index contributed by atoms with van der Waals surface area (Å²) in [6, 6.07) is 0. The third-order valence-corrected chi connectivity index (χ3v) is 1.89. The maximum absolute atomic E-state index is 10.1. The Morgan fingerprint density at radius 2 is 2.09 bits per heavy atom. The molecule has 0 amide bonds. The van der Waals surface area contributed by atoms with E-state index in [0.717, 1.165) is 12.8 Å². The fraction of sp³-hybridized carbons (Fsp3) is 0.667. The molecular weight excluding hydrogens is 140 g/mol. The van der Waals surface area contributed by atoms with Gasteiger partial charge in [-0.15, -0.1) is 0 Å². The Labute approximate surface area is 67.9 Å². The van der Waals surface area contributed by atoms with Gasteiger partial charge in [-0.3, -0.25) is 0 Å². The lowest BCUT2D eigenvalue weighted by Crippen LogP contribution is -2.07. The Balaban J connectivity index is 3.78. The fourth-order valence-electron chi connectivity index (χ4n) is 0.623. The largest absolute Gasteiger partial charge is 0.478 e. The Kier molecular flexibility index (Phi) is 3.86. The molecule has 0 atom stereocenters. The number of allylic oxidation sites excluding steroid dienone is 1. The SMILES string of the molecule is CCC(C)(C)CC=CC(=O)O. The molecule has 0 aliphatic heterocycles. The molecule has 0 aromatic heterocycles. The molecule has 0 heterocycles. The van der Waals surface area contributed by atoms with Gasteiger partial charge < -0.3 is 5.11 Å². The van der Waals surface area contributed by atoms with Crippen LogP contribution in [-0.2, 0) is 4.79 Å². The van der Waals surface area contributed by atoms with Crippen LogP contribution in [0.1, 0.15) is 33.6 Å². The number of carbonyl (C=O) groups is 1. The lowest BCUT2D eigenvalue weighted by atomic mass is 9.86. The van der Waals surface area contributed by atoms with Crippen LogP contribution in [0.3, 0.4) is 0 Å². The molecule has 0 saturated carbocycles. The van der Waals surface area contributed by atoms with Gasteiger partial charge in [-0.25, -0.2) is 4.79 Å². The minimum atomic E-state index is -0.864. The first-order valence-electron chi connectivity index (χ1n) is 3.87. The fourth-order valence-corrected chi connectivity index (χ4v) is 0.623. The molecule has 2 nitrogen and oxygen atoms in total. The zero-order chi connectivity index (χ0) is 8.91. The quantitative estimate of drug-likeness (QED) is 0.635. The molecule has 1 N–H and O–H groups in total. The summed E-state index contributed by atoms with van der Waals surface area (Å²) in [6.07, 6.45) is 4.82. The smallest absolute Gasteiger partial charge is 0.327 e. The highest BCUT2D eigenvalue weighted by Crippen LogP contribution is 2.24. The average molecular weight is 156 g/mol. The molecule has 0 rings (SSSR count). The van der Waals surface area contributed by atoms with Crippen molar-refractivity contribution in [3.05, 3.63) is 12.2 Å². The topological polar surface area (TPSA) is 37.3 Å². The maximum atomic E-state index is 10.1. The molecular formula is C9H16O2. The van der Waals surface area contributed by atoms with Crippen molar-refractivity contribution in [2.45, 2.75) is 33.6 Å². The molecule has 64 valence electrons. The molecule has 0 aromatic rings. The molecule has 0 saturated heterocycles. The molecule has 2 heteroatoms. The third kappa shape index (κ3) is 5.64. The van der Waals surface area contributed by atoms with E-state index < -0.39 is 5.97 Å². The Morgan fingerprint density at radius 1 is 1.55 bits per heavy atom. The van der Waals surface area contributed by atoms with Gasteiger partial charge >= 0.3 is 5.97 Å². The van der Waals surface area contributed by atoms with Gasteiger partial charge in [0.1, 0.15) is 0 Å². The summed E-state index contributed by atoms with van der Waals surface area (Å²) < 4.78 is 0. The predicted molar refractivity (Wildman–Crippen MR) is 45.5 cm³/mol. The van der Waals surface area contributed by atoms with Crippen LogP contribution in [0.2, 0.25) is 0 Å². The van der Waals surface area contributed by atoms with Crippen LogP contribution in [-0.4, -0.2) is 11.1 Å². The Bertz CT molecular complexity index is 157. The summed E-state index contributed by atoms with van der Waals surface area (Å²) in [7, 11) is 0. The van der Waals surface area contributed by atoms with E-state index in [4.69, 9.17) is 5.11 Å². The molecule has 0 aliphatic carbocycles. The van der Waals surface area contributed by atoms with Crippen molar-refractivity contribution in [2.75, 3.05) is 0 Å². The Morgan fingerprint density at radius 3 is 2.45 bits per heavy atom. The van der Waals surface area contributed by atoms with Crippen LogP contribution in [0.25, 0.3) is 0 Å². The first-order chi connectivity index (χ1) is 4.98. The number of rotatable bonds is 4. The molecule has 11 heavy (non-hydrogen) atoms. The van der Waals surface area contributed by atoms with Gasteiger partial charge in [0.25, 0.3) is 0 Å². The zero-order valence-corrected chi connectivity index (χ0v) is 7.42. The van der Waals surface area contributed by atoms with Gasteiger partial charge in [-0.05, 0) is 11.8 Å². The summed E-state index contributed by atoms with van der Waals surface area (Å²) in [6.45, 7) is 6.35. The molecule has 0 spiro atoms. The van der Waals surface area contributed by atoms with Crippen molar-refractivity contribution >= 4 is 5.97 Å². The van der Waals surface area contributed by atoms with Crippen LogP contribution < -0.4 is 0 Å². The number of hydrogen-bond acceptors (Lipinski definition) is 1. The van der Waals surface area contributed by atoms with Crippen LogP contribution in [0.4, 0.5) is 0 Å². The zero-order valence-electron chi connectivity index (χ0n) is 7.42. The minimum absolute atomic E-state index is 0.228. The summed E-state index contributed by atoms with van der Waals surface area (Å²) >= 11 is 0. The lowest BCUT2D eigenvalue weighted by Gasteiger charge is -2.19. The van der Waals surface area contributed by atoms with Crippen molar-refractivity contribution in [2.24, 2.45) is 5.41 Å². The lowest BCUT2D eigenvalue weighted by molar-refractivity contribution is -0.131. The summed E-state index contributed by atoms with van der Waals surface area (Å²) in [5, 5.41) is 8.30. The maximum Gasteiger partial charge on any atom is 0.327 e. The van der Waals surface area contributed by atoms with Gasteiger partial charge in [0.15, 0.2) is 0 Å². The van der Waals surface area contributed by atoms with E-state index in [0.29, 0.717) is 0 Å². The van der Waals surface area contributed by atoms with E-state index >= 15 is 0 Å². The highest BCUT2D eigenvalue weighted by molar-refractivity contribution is 5.79. The Hall–Kier alpha value is -0.790. The van der Waals surface area contributed by atoms with Gasteiger partial charge in [0, 0.05) is 6.08 Å². The summed E-state index contributed by atoms with van der Waals surface area (Å²) in [4.78, 5) is 10.1. The highest BCUT2D eigenvalue weighted by atomic mass is 16.4. The molecule has 0 aliphatic rings. The molecule has 0 bridgehead atoms. The second-order valence-corrected chi connectivity index (χ2v) is 3.46. The molecule has 0 radical (unpaired) electrons. The van der Waals surface area contributed by atoms with E-state index in [2.05, 4.69) is 20.8 Å². The number of carboxylic acid groups (broad SMARTS) is 1. The van der Waals surface area contributed by atoms with Crippen molar-refractivity contribution in [3.8, 4) is 0 Å². The number of hydrogen-bond donors (Lipinski definition) is 1. The normalized spacial score (nSPS) is 12.3. The summed E-state index contributed by atoms with van der Waals surface area (Å²) in [5.74, 6) is -0.864. The monoisotopic (exact) mass is 156 g/mol.